The van der Waals surface area contributed by atoms with Crippen LogP contribution >= 0.6 is 0 Å². The number of Topliss-reactive ketones (excluding diaryl/α,β-unsaturated/α-hetero) is 1. The molecule has 1 aromatic rings. The predicted octanol–water partition coefficient (Wildman–Crippen LogP) is 2.17. The molecule has 1 rings (SSSR count). The molecule has 104 valence electrons. The standard InChI is InChI=1S/C14H18FNO3/c1-3-16(13-8-6-5-7-12(13)15)10-11(17)9-14(18)19-4-2/h5-8H,3-4,9-10H2,1-2H3. The predicted molar refractivity (Wildman–Crippen MR) is 70.5 cm³/mol. The molecule has 19 heavy (non-hydrogen) atoms. The number of carbonyl (C=O) groups is 2. The number of halogens is 1. The number of hydrogen-bond acceptors (Lipinski definition) is 4. The fraction of sp³-hybridized carbons (Fsp3) is 0.429. The zero-order chi connectivity index (χ0) is 14.3. The van der Waals surface area contributed by atoms with Gasteiger partial charge in [0.15, 0.2) is 5.78 Å². The Labute approximate surface area is 112 Å². The second kappa shape index (κ2) is 7.51. The molecule has 0 bridgehead atoms. The molecule has 0 spiro atoms. The van der Waals surface area contributed by atoms with Gasteiger partial charge in [0.05, 0.1) is 18.8 Å². The molecule has 0 N–H and O–H groups in total. The number of nitrogens with zero attached hydrogens (tertiary/aromatic N) is 1. The molecule has 0 atom stereocenters. The average molecular weight is 267 g/mol. The number of likely N-dealkylation sites (N-methyl/N-ethyl adjacent to an activating group) is 1. The number of esters is 1. The van der Waals surface area contributed by atoms with Gasteiger partial charge < -0.3 is 9.64 Å². The Morgan fingerprint density at radius 3 is 2.53 bits per heavy atom. The third-order valence-corrected chi connectivity index (χ3v) is 2.59. The molecule has 0 fully saturated rings. The Kier molecular flexibility index (Phi) is 5.99. The highest BCUT2D eigenvalue weighted by atomic mass is 19.1. The molecule has 0 aliphatic rings. The van der Waals surface area contributed by atoms with Gasteiger partial charge in [-0.1, -0.05) is 12.1 Å². The van der Waals surface area contributed by atoms with Crippen LogP contribution in [0.1, 0.15) is 20.3 Å². The van der Waals surface area contributed by atoms with E-state index in [-0.39, 0.29) is 31.2 Å². The van der Waals surface area contributed by atoms with Gasteiger partial charge >= 0.3 is 5.97 Å². The number of rotatable bonds is 7. The lowest BCUT2D eigenvalue weighted by Gasteiger charge is -2.22. The molecular weight excluding hydrogens is 249 g/mol. The highest BCUT2D eigenvalue weighted by molar-refractivity contribution is 5.97. The number of ketones is 1. The number of anilines is 1. The van der Waals surface area contributed by atoms with Crippen LogP contribution in [0.15, 0.2) is 24.3 Å². The summed E-state index contributed by atoms with van der Waals surface area (Å²) in [5, 5.41) is 0. The fourth-order valence-electron chi connectivity index (χ4n) is 1.72. The van der Waals surface area contributed by atoms with Crippen LogP contribution in [0.25, 0.3) is 0 Å². The molecule has 0 unspecified atom stereocenters. The molecule has 0 saturated carbocycles. The second-order valence-electron chi connectivity index (χ2n) is 3.99. The monoisotopic (exact) mass is 267 g/mol. The summed E-state index contributed by atoms with van der Waals surface area (Å²) in [4.78, 5) is 24.5. The van der Waals surface area contributed by atoms with Crippen molar-refractivity contribution in [1.29, 1.82) is 0 Å². The SMILES string of the molecule is CCOC(=O)CC(=O)CN(CC)c1ccccc1F. The fourth-order valence-corrected chi connectivity index (χ4v) is 1.72. The van der Waals surface area contributed by atoms with E-state index in [1.807, 2.05) is 6.92 Å². The van der Waals surface area contributed by atoms with Crippen LogP contribution < -0.4 is 4.90 Å². The molecule has 4 nitrogen and oxygen atoms in total. The first-order valence-electron chi connectivity index (χ1n) is 6.25. The molecule has 0 heterocycles. The topological polar surface area (TPSA) is 46.6 Å². The van der Waals surface area contributed by atoms with E-state index in [1.165, 1.54) is 6.07 Å². The zero-order valence-electron chi connectivity index (χ0n) is 11.2. The molecular formula is C14H18FNO3. The summed E-state index contributed by atoms with van der Waals surface area (Å²) in [6.45, 7) is 4.23. The van der Waals surface area contributed by atoms with Crippen LogP contribution in [0.2, 0.25) is 0 Å². The van der Waals surface area contributed by atoms with E-state index in [0.29, 0.717) is 12.2 Å². The van der Waals surface area contributed by atoms with Crippen LogP contribution in [-0.2, 0) is 14.3 Å². The minimum absolute atomic E-state index is 0.00372. The molecule has 0 saturated heterocycles. The highest BCUT2D eigenvalue weighted by Gasteiger charge is 2.16. The molecule has 0 radical (unpaired) electrons. The third kappa shape index (κ3) is 4.69. The summed E-state index contributed by atoms with van der Waals surface area (Å²) < 4.78 is 18.3. The lowest BCUT2D eigenvalue weighted by Crippen LogP contribution is -2.31. The van der Waals surface area contributed by atoms with Crippen molar-refractivity contribution in [3.05, 3.63) is 30.1 Å². The van der Waals surface area contributed by atoms with Gasteiger partial charge in [0.25, 0.3) is 0 Å². The van der Waals surface area contributed by atoms with E-state index in [2.05, 4.69) is 0 Å². The second-order valence-corrected chi connectivity index (χ2v) is 3.99. The van der Waals surface area contributed by atoms with E-state index in [0.717, 1.165) is 0 Å². The largest absolute Gasteiger partial charge is 0.466 e. The maximum Gasteiger partial charge on any atom is 0.313 e. The summed E-state index contributed by atoms with van der Waals surface area (Å²) in [6, 6.07) is 6.24. The first-order chi connectivity index (χ1) is 9.08. The van der Waals surface area contributed by atoms with Gasteiger partial charge in [0, 0.05) is 6.54 Å². The van der Waals surface area contributed by atoms with Gasteiger partial charge in [-0.15, -0.1) is 0 Å². The zero-order valence-corrected chi connectivity index (χ0v) is 11.2. The van der Waals surface area contributed by atoms with Crippen LogP contribution in [0.4, 0.5) is 10.1 Å². The molecule has 0 aliphatic heterocycles. The molecule has 0 amide bonds. The molecule has 0 aliphatic carbocycles. The number of ether oxygens (including phenoxy) is 1. The van der Waals surface area contributed by atoms with Crippen LogP contribution in [0.5, 0.6) is 0 Å². The van der Waals surface area contributed by atoms with Crippen molar-refractivity contribution in [1.82, 2.24) is 0 Å². The molecule has 1 aromatic carbocycles. The maximum absolute atomic E-state index is 13.6. The third-order valence-electron chi connectivity index (χ3n) is 2.59. The van der Waals surface area contributed by atoms with Crippen molar-refractivity contribution in [2.24, 2.45) is 0 Å². The Hall–Kier alpha value is -1.91. The quantitative estimate of drug-likeness (QED) is 0.561. The first-order valence-corrected chi connectivity index (χ1v) is 6.25. The number of para-hydroxylation sites is 1. The van der Waals surface area contributed by atoms with E-state index < -0.39 is 5.97 Å². The van der Waals surface area contributed by atoms with E-state index in [1.54, 1.807) is 30.0 Å². The Balaban J connectivity index is 2.65. The summed E-state index contributed by atoms with van der Waals surface area (Å²) >= 11 is 0. The smallest absolute Gasteiger partial charge is 0.313 e. The number of benzene rings is 1. The number of hydrogen-bond donors (Lipinski definition) is 0. The lowest BCUT2D eigenvalue weighted by molar-refractivity contribution is -0.145. The highest BCUT2D eigenvalue weighted by Crippen LogP contribution is 2.18. The van der Waals surface area contributed by atoms with Gasteiger partial charge in [0.2, 0.25) is 0 Å². The van der Waals surface area contributed by atoms with E-state index in [9.17, 15) is 14.0 Å². The summed E-state index contributed by atoms with van der Waals surface area (Å²) in [5.41, 5.74) is 0.363. The summed E-state index contributed by atoms with van der Waals surface area (Å²) in [6.07, 6.45) is -0.279. The summed E-state index contributed by atoms with van der Waals surface area (Å²) in [7, 11) is 0. The van der Waals surface area contributed by atoms with Crippen LogP contribution in [-0.4, -0.2) is 31.4 Å². The Morgan fingerprint density at radius 2 is 1.95 bits per heavy atom. The van der Waals surface area contributed by atoms with Gasteiger partial charge in [0.1, 0.15) is 12.2 Å². The van der Waals surface area contributed by atoms with Crippen molar-refractivity contribution < 1.29 is 18.7 Å². The Bertz CT molecular complexity index is 448. The van der Waals surface area contributed by atoms with Crippen LogP contribution in [0.3, 0.4) is 0 Å². The normalized spacial score (nSPS) is 10.1. The average Bonchev–Trinajstić information content (AvgIpc) is 2.37. The van der Waals surface area contributed by atoms with Crippen LogP contribution in [0, 0.1) is 5.82 Å². The van der Waals surface area contributed by atoms with Crippen molar-refractivity contribution in [2.75, 3.05) is 24.6 Å². The number of carbonyl (C=O) groups excluding carboxylic acids is 2. The first kappa shape index (κ1) is 15.1. The van der Waals surface area contributed by atoms with Gasteiger partial charge in [-0.05, 0) is 26.0 Å². The minimum atomic E-state index is -0.544. The minimum Gasteiger partial charge on any atom is -0.466 e. The van der Waals surface area contributed by atoms with Gasteiger partial charge in [-0.2, -0.15) is 0 Å². The van der Waals surface area contributed by atoms with Crippen molar-refractivity contribution >= 4 is 17.4 Å². The van der Waals surface area contributed by atoms with E-state index >= 15 is 0 Å². The lowest BCUT2D eigenvalue weighted by atomic mass is 10.2. The van der Waals surface area contributed by atoms with Crippen molar-refractivity contribution in [3.63, 3.8) is 0 Å². The molecule has 5 heteroatoms. The van der Waals surface area contributed by atoms with E-state index in [4.69, 9.17) is 4.74 Å². The van der Waals surface area contributed by atoms with Crippen molar-refractivity contribution in [3.8, 4) is 0 Å². The Morgan fingerprint density at radius 1 is 1.26 bits per heavy atom. The molecule has 0 aromatic heterocycles. The summed E-state index contributed by atoms with van der Waals surface area (Å²) in [5.74, 6) is -1.21. The maximum atomic E-state index is 13.6. The van der Waals surface area contributed by atoms with Crippen molar-refractivity contribution in [2.45, 2.75) is 20.3 Å². The van der Waals surface area contributed by atoms with Gasteiger partial charge in [-0.3, -0.25) is 9.59 Å². The van der Waals surface area contributed by atoms with Gasteiger partial charge in [-0.25, -0.2) is 4.39 Å².